The summed E-state index contributed by atoms with van der Waals surface area (Å²) in [5.41, 5.74) is 5.95. The molecule has 0 aromatic rings. The molecule has 0 bridgehead atoms. The molecule has 3 atom stereocenters. The van der Waals surface area contributed by atoms with Crippen LogP contribution in [0.4, 0.5) is 0 Å². The number of carbonyl (C=O) groups is 1. The lowest BCUT2D eigenvalue weighted by atomic mass is 10.00. The van der Waals surface area contributed by atoms with E-state index in [2.05, 4.69) is 0 Å². The van der Waals surface area contributed by atoms with Crippen LogP contribution in [0.2, 0.25) is 0 Å². The number of rotatable bonds is 3. The minimum Gasteiger partial charge on any atom is -0.347 e. The standard InChI is InChI=1S/C15H28N2O3/c1-11(16)13-9-12(19-15(2,3)20-13)10-14(18)17-7-5-4-6-8-17/h11-13H,4-10,16H2,1-3H3. The highest BCUT2D eigenvalue weighted by Crippen LogP contribution is 2.30. The summed E-state index contributed by atoms with van der Waals surface area (Å²) in [6.45, 7) is 7.50. The Labute approximate surface area is 121 Å². The Morgan fingerprint density at radius 3 is 2.55 bits per heavy atom. The summed E-state index contributed by atoms with van der Waals surface area (Å²) in [6.07, 6.45) is 4.47. The molecule has 0 spiro atoms. The summed E-state index contributed by atoms with van der Waals surface area (Å²) in [6, 6.07) is -0.0502. The molecule has 2 rings (SSSR count). The lowest BCUT2D eigenvalue weighted by Gasteiger charge is -2.42. The first kappa shape index (κ1) is 15.7. The normalized spacial score (nSPS) is 31.9. The van der Waals surface area contributed by atoms with Crippen LogP contribution >= 0.6 is 0 Å². The number of likely N-dealkylation sites (tertiary alicyclic amines) is 1. The Bertz CT molecular complexity index is 338. The monoisotopic (exact) mass is 284 g/mol. The fraction of sp³-hybridized carbons (Fsp3) is 0.933. The third-order valence-corrected chi connectivity index (χ3v) is 4.08. The second kappa shape index (κ2) is 6.41. The molecule has 2 saturated heterocycles. The van der Waals surface area contributed by atoms with E-state index in [1.165, 1.54) is 6.42 Å². The van der Waals surface area contributed by atoms with Crippen molar-refractivity contribution in [2.75, 3.05) is 13.1 Å². The van der Waals surface area contributed by atoms with E-state index in [1.54, 1.807) is 0 Å². The largest absolute Gasteiger partial charge is 0.347 e. The molecule has 20 heavy (non-hydrogen) atoms. The fourth-order valence-corrected chi connectivity index (χ4v) is 3.06. The summed E-state index contributed by atoms with van der Waals surface area (Å²) in [5, 5.41) is 0. The van der Waals surface area contributed by atoms with Gasteiger partial charge in [-0.25, -0.2) is 0 Å². The average molecular weight is 284 g/mol. The molecule has 2 aliphatic heterocycles. The highest BCUT2D eigenvalue weighted by molar-refractivity contribution is 5.76. The van der Waals surface area contributed by atoms with E-state index < -0.39 is 5.79 Å². The van der Waals surface area contributed by atoms with Gasteiger partial charge in [-0.1, -0.05) is 0 Å². The maximum absolute atomic E-state index is 12.3. The second-order valence-corrected chi connectivity index (χ2v) is 6.54. The number of ether oxygens (including phenoxy) is 2. The van der Waals surface area contributed by atoms with Gasteiger partial charge in [0.25, 0.3) is 0 Å². The molecule has 0 aromatic carbocycles. The second-order valence-electron chi connectivity index (χ2n) is 6.54. The third kappa shape index (κ3) is 4.17. The number of carbonyl (C=O) groups excluding carboxylic acids is 1. The van der Waals surface area contributed by atoms with Crippen LogP contribution in [0.3, 0.4) is 0 Å². The quantitative estimate of drug-likeness (QED) is 0.856. The number of nitrogens with zero attached hydrogens (tertiary/aromatic N) is 1. The topological polar surface area (TPSA) is 64.8 Å². The Kier molecular flexibility index (Phi) is 5.04. The Hall–Kier alpha value is -0.650. The van der Waals surface area contributed by atoms with E-state index in [4.69, 9.17) is 15.2 Å². The predicted molar refractivity (Wildman–Crippen MR) is 77.1 cm³/mol. The van der Waals surface area contributed by atoms with Crippen LogP contribution in [-0.4, -0.2) is 47.9 Å². The number of hydrogen-bond donors (Lipinski definition) is 1. The van der Waals surface area contributed by atoms with Crippen molar-refractivity contribution in [3.8, 4) is 0 Å². The Balaban J connectivity index is 1.91. The van der Waals surface area contributed by atoms with Crippen LogP contribution in [0, 0.1) is 0 Å². The van der Waals surface area contributed by atoms with Crippen LogP contribution in [0.15, 0.2) is 0 Å². The van der Waals surface area contributed by atoms with Crippen molar-refractivity contribution in [1.82, 2.24) is 4.90 Å². The van der Waals surface area contributed by atoms with Gasteiger partial charge in [0.1, 0.15) is 0 Å². The number of piperidine rings is 1. The zero-order chi connectivity index (χ0) is 14.8. The maximum Gasteiger partial charge on any atom is 0.225 e. The van der Waals surface area contributed by atoms with Crippen LogP contribution in [-0.2, 0) is 14.3 Å². The summed E-state index contributed by atoms with van der Waals surface area (Å²) in [7, 11) is 0. The first-order valence-electron chi connectivity index (χ1n) is 7.76. The van der Waals surface area contributed by atoms with Gasteiger partial charge in [0.05, 0.1) is 18.6 Å². The van der Waals surface area contributed by atoms with Gasteiger partial charge in [-0.15, -0.1) is 0 Å². The Morgan fingerprint density at radius 2 is 1.95 bits per heavy atom. The first-order chi connectivity index (χ1) is 9.37. The van der Waals surface area contributed by atoms with Gasteiger partial charge >= 0.3 is 0 Å². The van der Waals surface area contributed by atoms with E-state index in [0.29, 0.717) is 12.8 Å². The molecular formula is C15H28N2O3. The van der Waals surface area contributed by atoms with E-state index >= 15 is 0 Å². The van der Waals surface area contributed by atoms with Gasteiger partial charge in [-0.2, -0.15) is 0 Å². The zero-order valence-electron chi connectivity index (χ0n) is 12.9. The molecule has 0 aromatic heterocycles. The molecule has 5 heteroatoms. The number of amides is 1. The van der Waals surface area contributed by atoms with Crippen LogP contribution in [0.25, 0.3) is 0 Å². The SMILES string of the molecule is CC(N)C1CC(CC(=O)N2CCCCC2)OC(C)(C)O1. The fourth-order valence-electron chi connectivity index (χ4n) is 3.06. The molecule has 0 radical (unpaired) electrons. The predicted octanol–water partition coefficient (Wildman–Crippen LogP) is 1.65. The van der Waals surface area contributed by atoms with Crippen molar-refractivity contribution in [3.63, 3.8) is 0 Å². The number of hydrogen-bond acceptors (Lipinski definition) is 4. The van der Waals surface area contributed by atoms with Crippen LogP contribution in [0.5, 0.6) is 0 Å². The highest BCUT2D eigenvalue weighted by atomic mass is 16.7. The van der Waals surface area contributed by atoms with Crippen molar-refractivity contribution in [3.05, 3.63) is 0 Å². The van der Waals surface area contributed by atoms with Crippen molar-refractivity contribution in [2.45, 2.75) is 76.9 Å². The van der Waals surface area contributed by atoms with E-state index in [9.17, 15) is 4.79 Å². The smallest absolute Gasteiger partial charge is 0.225 e. The summed E-state index contributed by atoms with van der Waals surface area (Å²) < 4.78 is 11.7. The molecule has 2 heterocycles. The number of nitrogens with two attached hydrogens (primary N) is 1. The molecule has 5 nitrogen and oxygen atoms in total. The van der Waals surface area contributed by atoms with Crippen LogP contribution < -0.4 is 5.73 Å². The molecular weight excluding hydrogens is 256 g/mol. The van der Waals surface area contributed by atoms with Gasteiger partial charge in [-0.3, -0.25) is 4.79 Å². The van der Waals surface area contributed by atoms with Gasteiger partial charge in [-0.05, 0) is 40.0 Å². The van der Waals surface area contributed by atoms with E-state index in [0.717, 1.165) is 25.9 Å². The van der Waals surface area contributed by atoms with Crippen molar-refractivity contribution >= 4 is 5.91 Å². The molecule has 0 aliphatic carbocycles. The highest BCUT2D eigenvalue weighted by Gasteiger charge is 2.38. The minimum absolute atomic E-state index is 0.0436. The molecule has 2 fully saturated rings. The maximum atomic E-state index is 12.3. The Morgan fingerprint density at radius 1 is 1.30 bits per heavy atom. The van der Waals surface area contributed by atoms with Gasteiger partial charge in [0.15, 0.2) is 5.79 Å². The van der Waals surface area contributed by atoms with Gasteiger partial charge in [0.2, 0.25) is 5.91 Å². The average Bonchev–Trinajstić information content (AvgIpc) is 2.37. The first-order valence-corrected chi connectivity index (χ1v) is 7.76. The van der Waals surface area contributed by atoms with Gasteiger partial charge < -0.3 is 20.1 Å². The zero-order valence-corrected chi connectivity index (χ0v) is 12.9. The minimum atomic E-state index is -0.663. The molecule has 3 unspecified atom stereocenters. The molecule has 2 N–H and O–H groups in total. The molecule has 116 valence electrons. The lowest BCUT2D eigenvalue weighted by molar-refractivity contribution is -0.301. The summed E-state index contributed by atoms with van der Waals surface area (Å²) in [4.78, 5) is 14.3. The lowest BCUT2D eigenvalue weighted by Crippen LogP contribution is -2.51. The van der Waals surface area contributed by atoms with Crippen LogP contribution in [0.1, 0.15) is 52.9 Å². The van der Waals surface area contributed by atoms with Crippen molar-refractivity contribution < 1.29 is 14.3 Å². The van der Waals surface area contributed by atoms with Crippen molar-refractivity contribution in [1.29, 1.82) is 0 Å². The van der Waals surface area contributed by atoms with Crippen molar-refractivity contribution in [2.24, 2.45) is 5.73 Å². The summed E-state index contributed by atoms with van der Waals surface area (Å²) >= 11 is 0. The van der Waals surface area contributed by atoms with E-state index in [-0.39, 0.29) is 24.2 Å². The summed E-state index contributed by atoms with van der Waals surface area (Å²) in [5.74, 6) is -0.459. The van der Waals surface area contributed by atoms with Gasteiger partial charge in [0, 0.05) is 25.6 Å². The molecule has 1 amide bonds. The van der Waals surface area contributed by atoms with E-state index in [1.807, 2.05) is 25.7 Å². The third-order valence-electron chi connectivity index (χ3n) is 4.08. The molecule has 2 aliphatic rings. The molecule has 0 saturated carbocycles.